The fraction of sp³-hybridized carbons (Fsp3) is 0.714. The first-order valence-corrected chi connectivity index (χ1v) is 7.74. The molecular formula is C14H22N4O6. The summed E-state index contributed by atoms with van der Waals surface area (Å²) >= 11 is 0. The van der Waals surface area contributed by atoms with Gasteiger partial charge < -0.3 is 19.3 Å². The molecule has 0 aromatic heterocycles. The minimum Gasteiger partial charge on any atom is -0.444 e. The smallest absolute Gasteiger partial charge is 0.328 e. The van der Waals surface area contributed by atoms with Gasteiger partial charge in [0.15, 0.2) is 25.8 Å². The van der Waals surface area contributed by atoms with Crippen molar-refractivity contribution in [2.45, 2.75) is 40.0 Å². The third kappa shape index (κ3) is 2.95. The summed E-state index contributed by atoms with van der Waals surface area (Å²) in [5, 5.41) is 0. The van der Waals surface area contributed by atoms with Gasteiger partial charge in [0.2, 0.25) is 0 Å². The van der Waals surface area contributed by atoms with Gasteiger partial charge in [-0.1, -0.05) is 0 Å². The maximum absolute atomic E-state index is 12.7. The van der Waals surface area contributed by atoms with Crippen molar-refractivity contribution < 1.29 is 28.7 Å². The number of rotatable bonds is 6. The van der Waals surface area contributed by atoms with E-state index in [0.717, 1.165) is 0 Å². The molecule has 0 radical (unpaired) electrons. The minimum atomic E-state index is -0.607. The molecule has 2 fully saturated rings. The molecule has 24 heavy (non-hydrogen) atoms. The fourth-order valence-electron chi connectivity index (χ4n) is 2.99. The zero-order valence-corrected chi connectivity index (χ0v) is 14.2. The molecule has 0 aromatic rings. The minimum absolute atomic E-state index is 0.219. The van der Waals surface area contributed by atoms with Crippen LogP contribution in [0.4, 0.5) is 9.59 Å². The lowest BCUT2D eigenvalue weighted by Gasteiger charge is -2.28. The lowest BCUT2D eigenvalue weighted by Crippen LogP contribution is -2.47. The second-order valence-corrected chi connectivity index (χ2v) is 5.43. The van der Waals surface area contributed by atoms with Crippen LogP contribution in [0, 0.1) is 0 Å². The highest BCUT2D eigenvalue weighted by Crippen LogP contribution is 2.34. The zero-order valence-electron chi connectivity index (χ0n) is 14.2. The molecule has 2 aliphatic rings. The Bertz CT molecular complexity index is 509. The number of nitrogens with zero attached hydrogens (tertiary/aromatic N) is 4. The van der Waals surface area contributed by atoms with Gasteiger partial charge in [-0.2, -0.15) is 0 Å². The van der Waals surface area contributed by atoms with E-state index < -0.39 is 30.3 Å². The monoisotopic (exact) mass is 342 g/mol. The predicted molar refractivity (Wildman–Crippen MR) is 80.1 cm³/mol. The van der Waals surface area contributed by atoms with Crippen molar-refractivity contribution in [3.05, 3.63) is 0 Å². The number of ether oxygens (including phenoxy) is 2. The van der Waals surface area contributed by atoms with E-state index in [9.17, 15) is 19.2 Å². The van der Waals surface area contributed by atoms with E-state index in [1.54, 1.807) is 13.8 Å². The molecule has 2 aliphatic heterocycles. The van der Waals surface area contributed by atoms with Crippen LogP contribution in [0.3, 0.4) is 0 Å². The van der Waals surface area contributed by atoms with Gasteiger partial charge in [-0.3, -0.25) is 19.4 Å². The fourth-order valence-corrected chi connectivity index (χ4v) is 2.99. The molecule has 2 saturated heterocycles. The number of amides is 4. The molecule has 0 saturated carbocycles. The van der Waals surface area contributed by atoms with Crippen molar-refractivity contribution >= 4 is 24.0 Å². The number of esters is 2. The van der Waals surface area contributed by atoms with Crippen LogP contribution in [0.2, 0.25) is 0 Å². The Morgan fingerprint density at radius 2 is 1.12 bits per heavy atom. The maximum atomic E-state index is 12.7. The number of hydrogen-bond acceptors (Lipinski definition) is 6. The van der Waals surface area contributed by atoms with Crippen molar-refractivity contribution in [2.24, 2.45) is 0 Å². The number of carbonyl (C=O) groups is 4. The molecule has 0 spiro atoms. The summed E-state index contributed by atoms with van der Waals surface area (Å²) in [6.45, 7) is 6.33. The molecule has 0 aromatic carbocycles. The Morgan fingerprint density at radius 1 is 0.792 bits per heavy atom. The van der Waals surface area contributed by atoms with Crippen molar-refractivity contribution in [3.63, 3.8) is 0 Å². The van der Waals surface area contributed by atoms with E-state index in [1.165, 1.54) is 33.4 Å². The van der Waals surface area contributed by atoms with Gasteiger partial charge in [-0.25, -0.2) is 9.59 Å². The van der Waals surface area contributed by atoms with E-state index >= 15 is 0 Å². The summed E-state index contributed by atoms with van der Waals surface area (Å²) in [6.07, 6.45) is -1.21. The average Bonchev–Trinajstić information content (AvgIpc) is 2.93. The third-order valence-electron chi connectivity index (χ3n) is 4.02. The first-order valence-electron chi connectivity index (χ1n) is 7.74. The number of likely N-dealkylation sites (N-methyl/N-ethyl adjacent to an activating group) is 2. The van der Waals surface area contributed by atoms with E-state index in [-0.39, 0.29) is 19.5 Å². The topological polar surface area (TPSA) is 99.7 Å². The Hall–Kier alpha value is -2.52. The summed E-state index contributed by atoms with van der Waals surface area (Å²) in [7, 11) is 0. The second kappa shape index (κ2) is 6.93. The van der Waals surface area contributed by atoms with Crippen LogP contribution in [0.1, 0.15) is 27.7 Å². The van der Waals surface area contributed by atoms with Gasteiger partial charge >= 0.3 is 24.0 Å². The van der Waals surface area contributed by atoms with E-state index in [4.69, 9.17) is 9.47 Å². The van der Waals surface area contributed by atoms with Gasteiger partial charge in [0.1, 0.15) is 0 Å². The molecular weight excluding hydrogens is 320 g/mol. The number of fused-ring (bicyclic) bond motifs is 1. The highest BCUT2D eigenvalue weighted by Gasteiger charge is 2.58. The lowest BCUT2D eigenvalue weighted by atomic mass is 10.3. The summed E-state index contributed by atoms with van der Waals surface area (Å²) in [5.41, 5.74) is 0. The highest BCUT2D eigenvalue weighted by atomic mass is 16.6. The quantitative estimate of drug-likeness (QED) is 0.639. The first-order chi connectivity index (χ1) is 11.3. The van der Waals surface area contributed by atoms with Crippen molar-refractivity contribution in [1.29, 1.82) is 0 Å². The SMILES string of the molecule is CCN1C(=O)N(CC)C2C1N(COC(C)=O)C(=O)N2COC(C)=O. The highest BCUT2D eigenvalue weighted by molar-refractivity contribution is 5.85. The van der Waals surface area contributed by atoms with Gasteiger partial charge in [0.25, 0.3) is 0 Å². The van der Waals surface area contributed by atoms with Crippen LogP contribution >= 0.6 is 0 Å². The molecule has 2 rings (SSSR count). The van der Waals surface area contributed by atoms with Crippen LogP contribution in [0.25, 0.3) is 0 Å². The molecule has 0 bridgehead atoms. The Morgan fingerprint density at radius 3 is 1.42 bits per heavy atom. The summed E-state index contributed by atoms with van der Waals surface area (Å²) in [5.74, 6) is -1.06. The molecule has 0 N–H and O–H groups in total. The molecule has 0 aliphatic carbocycles. The van der Waals surface area contributed by atoms with Crippen molar-refractivity contribution in [3.8, 4) is 0 Å². The van der Waals surface area contributed by atoms with E-state index in [2.05, 4.69) is 0 Å². The molecule has 10 nitrogen and oxygen atoms in total. The van der Waals surface area contributed by atoms with Crippen LogP contribution in [0.5, 0.6) is 0 Å². The lowest BCUT2D eigenvalue weighted by molar-refractivity contribution is -0.146. The molecule has 2 unspecified atom stereocenters. The van der Waals surface area contributed by atoms with Gasteiger partial charge in [-0.05, 0) is 13.8 Å². The summed E-state index contributed by atoms with van der Waals surface area (Å²) in [4.78, 5) is 53.1. The molecule has 4 amide bonds. The van der Waals surface area contributed by atoms with Crippen molar-refractivity contribution in [2.75, 3.05) is 26.6 Å². The summed E-state index contributed by atoms with van der Waals surface area (Å²) < 4.78 is 9.90. The summed E-state index contributed by atoms with van der Waals surface area (Å²) in [6, 6.07) is -0.681. The van der Waals surface area contributed by atoms with Gasteiger partial charge in [-0.15, -0.1) is 0 Å². The number of urea groups is 2. The number of hydrogen-bond donors (Lipinski definition) is 0. The number of carbonyl (C=O) groups excluding carboxylic acids is 4. The Kier molecular flexibility index (Phi) is 5.15. The third-order valence-corrected chi connectivity index (χ3v) is 4.02. The largest absolute Gasteiger partial charge is 0.444 e. The van der Waals surface area contributed by atoms with Crippen LogP contribution in [-0.4, -0.2) is 82.5 Å². The van der Waals surface area contributed by atoms with E-state index in [0.29, 0.717) is 13.1 Å². The molecule has 2 heterocycles. The standard InChI is InChI=1S/C14H22N4O6/c1-5-15-11-12(16(6-2)13(15)21)18(8-24-10(4)20)14(22)17(11)7-23-9(3)19/h11-12H,5-8H2,1-4H3. The average molecular weight is 342 g/mol. The predicted octanol–water partition coefficient (Wildman–Crippen LogP) is 0.195. The van der Waals surface area contributed by atoms with Crippen LogP contribution in [0.15, 0.2) is 0 Å². The van der Waals surface area contributed by atoms with Crippen molar-refractivity contribution in [1.82, 2.24) is 19.6 Å². The van der Waals surface area contributed by atoms with Crippen LogP contribution < -0.4 is 0 Å². The first kappa shape index (κ1) is 17.8. The maximum Gasteiger partial charge on any atom is 0.328 e. The Balaban J connectivity index is 2.32. The zero-order chi connectivity index (χ0) is 18.0. The van der Waals surface area contributed by atoms with Gasteiger partial charge in [0, 0.05) is 26.9 Å². The molecule has 134 valence electrons. The van der Waals surface area contributed by atoms with Gasteiger partial charge in [0.05, 0.1) is 0 Å². The second-order valence-electron chi connectivity index (χ2n) is 5.43. The normalized spacial score (nSPS) is 23.0. The van der Waals surface area contributed by atoms with E-state index in [1.807, 2.05) is 0 Å². The Labute approximate surface area is 139 Å². The molecule has 2 atom stereocenters. The van der Waals surface area contributed by atoms with Crippen LogP contribution in [-0.2, 0) is 19.1 Å². The molecule has 10 heteroatoms.